The Balaban J connectivity index is 0.00000385. The topological polar surface area (TPSA) is 112 Å². The highest BCUT2D eigenvalue weighted by Gasteiger charge is 2.38. The van der Waals surface area contributed by atoms with Crippen LogP contribution in [0.15, 0.2) is 29.3 Å². The van der Waals surface area contributed by atoms with Crippen molar-refractivity contribution in [3.8, 4) is 0 Å². The van der Waals surface area contributed by atoms with Gasteiger partial charge in [-0.05, 0) is 56.5 Å². The number of likely N-dealkylation sites (tertiary alicyclic amines) is 1. The summed E-state index contributed by atoms with van der Waals surface area (Å²) >= 11 is 0. The molecule has 2 aliphatic rings. The molecule has 184 valence electrons. The molecule has 1 aromatic carbocycles. The number of hydrogen-bond acceptors (Lipinski definition) is 4. The molecular formula is C24H39IN6O2. The van der Waals surface area contributed by atoms with Crippen molar-refractivity contribution in [1.29, 1.82) is 0 Å². The molecule has 1 heterocycles. The molecule has 2 fully saturated rings. The minimum atomic E-state index is -0.562. The molecule has 0 spiro atoms. The van der Waals surface area contributed by atoms with E-state index in [1.54, 1.807) is 19.2 Å². The van der Waals surface area contributed by atoms with Crippen LogP contribution < -0.4 is 21.7 Å². The molecule has 1 aromatic rings. The summed E-state index contributed by atoms with van der Waals surface area (Å²) in [6, 6.07) is 7.29. The van der Waals surface area contributed by atoms with Gasteiger partial charge in [0.05, 0.1) is 6.54 Å². The molecular weight excluding hydrogens is 531 g/mol. The monoisotopic (exact) mass is 570 g/mol. The molecule has 1 saturated heterocycles. The normalized spacial score (nSPS) is 18.6. The summed E-state index contributed by atoms with van der Waals surface area (Å²) in [5.41, 5.74) is 6.85. The number of carbonyl (C=O) groups excluding carboxylic acids is 2. The number of benzene rings is 1. The Bertz CT molecular complexity index is 787. The molecule has 9 heteroatoms. The fraction of sp³-hybridized carbons (Fsp3) is 0.625. The van der Waals surface area contributed by atoms with E-state index in [1.165, 1.54) is 64.5 Å². The quantitative estimate of drug-likeness (QED) is 0.218. The average molecular weight is 571 g/mol. The minimum Gasteiger partial charge on any atom is -0.368 e. The number of piperidine rings is 1. The van der Waals surface area contributed by atoms with Crippen LogP contribution in [0.25, 0.3) is 0 Å². The molecule has 5 N–H and O–H groups in total. The first-order valence-electron chi connectivity index (χ1n) is 11.9. The summed E-state index contributed by atoms with van der Waals surface area (Å²) < 4.78 is 0. The Kier molecular flexibility index (Phi) is 11.4. The van der Waals surface area contributed by atoms with E-state index in [4.69, 9.17) is 5.73 Å². The smallest absolute Gasteiger partial charge is 0.251 e. The highest BCUT2D eigenvalue weighted by Crippen LogP contribution is 2.35. The molecule has 2 amide bonds. The van der Waals surface area contributed by atoms with Gasteiger partial charge in [-0.25, -0.2) is 0 Å². The Hall–Kier alpha value is -1.88. The van der Waals surface area contributed by atoms with Crippen molar-refractivity contribution >= 4 is 41.8 Å². The largest absolute Gasteiger partial charge is 0.368 e. The van der Waals surface area contributed by atoms with E-state index >= 15 is 0 Å². The number of guanidine groups is 1. The van der Waals surface area contributed by atoms with Gasteiger partial charge in [0.1, 0.15) is 0 Å². The number of carbonyl (C=O) groups is 2. The summed E-state index contributed by atoms with van der Waals surface area (Å²) in [6.45, 7) is 3.80. The van der Waals surface area contributed by atoms with Crippen LogP contribution in [0.1, 0.15) is 67.3 Å². The van der Waals surface area contributed by atoms with Crippen molar-refractivity contribution in [1.82, 2.24) is 20.9 Å². The zero-order chi connectivity index (χ0) is 22.8. The van der Waals surface area contributed by atoms with Crippen molar-refractivity contribution in [2.75, 3.05) is 33.2 Å². The highest BCUT2D eigenvalue weighted by molar-refractivity contribution is 14.0. The van der Waals surface area contributed by atoms with E-state index in [0.717, 1.165) is 18.1 Å². The van der Waals surface area contributed by atoms with Gasteiger partial charge in [0, 0.05) is 31.2 Å². The maximum Gasteiger partial charge on any atom is 0.251 e. The average Bonchev–Trinajstić information content (AvgIpc) is 2.84. The van der Waals surface area contributed by atoms with E-state index < -0.39 is 5.91 Å². The molecule has 1 aliphatic carbocycles. The first-order chi connectivity index (χ1) is 15.5. The fourth-order valence-electron chi connectivity index (χ4n) is 4.88. The maximum absolute atomic E-state index is 12.0. The van der Waals surface area contributed by atoms with Crippen LogP contribution in [0.3, 0.4) is 0 Å². The first kappa shape index (κ1) is 27.4. The molecule has 0 radical (unpaired) electrons. The summed E-state index contributed by atoms with van der Waals surface area (Å²) in [6.07, 6.45) is 10.5. The Morgan fingerprint density at radius 2 is 1.61 bits per heavy atom. The standard InChI is InChI=1S/C24H38N6O2.HI/c1-26-23(28-16-19-8-10-20(11-9-19)22(32)27-17-21(25)31)29-18-24(12-4-2-5-13-24)30-14-6-3-7-15-30;/h8-11H,2-7,12-18H2,1H3,(H2,25,31)(H,27,32)(H2,26,28,29);1H. The maximum atomic E-state index is 12.0. The third-order valence-electron chi connectivity index (χ3n) is 6.72. The number of nitrogens with zero attached hydrogens (tertiary/aromatic N) is 2. The minimum absolute atomic E-state index is 0. The molecule has 8 nitrogen and oxygen atoms in total. The van der Waals surface area contributed by atoms with Gasteiger partial charge in [-0.1, -0.05) is 37.8 Å². The lowest BCUT2D eigenvalue weighted by Gasteiger charge is -2.48. The predicted molar refractivity (Wildman–Crippen MR) is 143 cm³/mol. The zero-order valence-corrected chi connectivity index (χ0v) is 22.0. The van der Waals surface area contributed by atoms with Crippen LogP contribution >= 0.6 is 24.0 Å². The molecule has 0 bridgehead atoms. The van der Waals surface area contributed by atoms with E-state index in [0.29, 0.717) is 12.1 Å². The summed E-state index contributed by atoms with van der Waals surface area (Å²) in [7, 11) is 1.80. The second kappa shape index (κ2) is 13.7. The van der Waals surface area contributed by atoms with Crippen LogP contribution in [0.4, 0.5) is 0 Å². The highest BCUT2D eigenvalue weighted by atomic mass is 127. The first-order valence-corrected chi connectivity index (χ1v) is 11.9. The van der Waals surface area contributed by atoms with Crippen molar-refractivity contribution in [2.24, 2.45) is 10.7 Å². The van der Waals surface area contributed by atoms with Gasteiger partial charge in [0.2, 0.25) is 5.91 Å². The molecule has 0 unspecified atom stereocenters. The number of nitrogens with one attached hydrogen (secondary N) is 3. The Labute approximate surface area is 214 Å². The second-order valence-electron chi connectivity index (χ2n) is 8.96. The van der Waals surface area contributed by atoms with Gasteiger partial charge in [0.15, 0.2) is 5.96 Å². The van der Waals surface area contributed by atoms with Crippen LogP contribution in [0.2, 0.25) is 0 Å². The second-order valence-corrected chi connectivity index (χ2v) is 8.96. The van der Waals surface area contributed by atoms with Crippen LogP contribution in [-0.4, -0.2) is 61.4 Å². The number of nitrogens with two attached hydrogens (primary N) is 1. The summed E-state index contributed by atoms with van der Waals surface area (Å²) in [4.78, 5) is 30.0. The number of primary amides is 1. The molecule has 33 heavy (non-hydrogen) atoms. The van der Waals surface area contributed by atoms with E-state index in [-0.39, 0.29) is 42.0 Å². The predicted octanol–water partition coefficient (Wildman–Crippen LogP) is 2.37. The Morgan fingerprint density at radius 3 is 2.21 bits per heavy atom. The summed E-state index contributed by atoms with van der Waals surface area (Å²) in [5, 5.41) is 9.48. The van der Waals surface area contributed by atoms with E-state index in [1.807, 2.05) is 12.1 Å². The third kappa shape index (κ3) is 8.13. The number of rotatable bonds is 8. The Morgan fingerprint density at radius 1 is 0.970 bits per heavy atom. The third-order valence-corrected chi connectivity index (χ3v) is 6.72. The lowest BCUT2D eigenvalue weighted by molar-refractivity contribution is -0.117. The van der Waals surface area contributed by atoms with Gasteiger partial charge in [-0.3, -0.25) is 19.5 Å². The van der Waals surface area contributed by atoms with Gasteiger partial charge in [-0.15, -0.1) is 24.0 Å². The fourth-order valence-corrected chi connectivity index (χ4v) is 4.88. The van der Waals surface area contributed by atoms with Crippen LogP contribution in [0.5, 0.6) is 0 Å². The van der Waals surface area contributed by atoms with Crippen molar-refractivity contribution in [2.45, 2.75) is 63.5 Å². The molecule has 1 aliphatic heterocycles. The lowest BCUT2D eigenvalue weighted by atomic mass is 9.79. The molecule has 3 rings (SSSR count). The van der Waals surface area contributed by atoms with Gasteiger partial charge >= 0.3 is 0 Å². The number of hydrogen-bond donors (Lipinski definition) is 4. The van der Waals surface area contributed by atoms with Gasteiger partial charge in [0.25, 0.3) is 5.91 Å². The molecule has 0 aromatic heterocycles. The molecule has 0 atom stereocenters. The van der Waals surface area contributed by atoms with Gasteiger partial charge < -0.3 is 21.7 Å². The van der Waals surface area contributed by atoms with Crippen molar-refractivity contribution < 1.29 is 9.59 Å². The van der Waals surface area contributed by atoms with E-state index in [2.05, 4.69) is 25.8 Å². The van der Waals surface area contributed by atoms with Gasteiger partial charge in [-0.2, -0.15) is 0 Å². The SMILES string of the molecule is CN=C(NCc1ccc(C(=O)NCC(N)=O)cc1)NCC1(N2CCCCC2)CCCCC1.I. The van der Waals surface area contributed by atoms with Crippen molar-refractivity contribution in [3.05, 3.63) is 35.4 Å². The van der Waals surface area contributed by atoms with Crippen LogP contribution in [0, 0.1) is 0 Å². The number of halogens is 1. The van der Waals surface area contributed by atoms with Crippen molar-refractivity contribution in [3.63, 3.8) is 0 Å². The number of aliphatic imine (C=N–C) groups is 1. The van der Waals surface area contributed by atoms with E-state index in [9.17, 15) is 9.59 Å². The zero-order valence-electron chi connectivity index (χ0n) is 19.7. The lowest BCUT2D eigenvalue weighted by Crippen LogP contribution is -2.59. The molecule has 1 saturated carbocycles. The number of amides is 2. The van der Waals surface area contributed by atoms with Crippen LogP contribution in [-0.2, 0) is 11.3 Å². The summed E-state index contributed by atoms with van der Waals surface area (Å²) in [5.74, 6) is -0.0696.